The Labute approximate surface area is 114 Å². The summed E-state index contributed by atoms with van der Waals surface area (Å²) in [6.45, 7) is 5.36. The molecule has 104 valence electrons. The first kappa shape index (κ1) is 15.2. The van der Waals surface area contributed by atoms with Gasteiger partial charge in [-0.1, -0.05) is 18.2 Å². The largest absolute Gasteiger partial charge is 0.399 e. The summed E-state index contributed by atoms with van der Waals surface area (Å²) in [5.74, 6) is 0.0455. The number of hydrogen-bond donors (Lipinski definition) is 2. The Morgan fingerprint density at radius 3 is 2.74 bits per heavy atom. The van der Waals surface area contributed by atoms with Crippen LogP contribution in [0.25, 0.3) is 0 Å². The number of anilines is 1. The lowest BCUT2D eigenvalue weighted by Crippen LogP contribution is -2.27. The number of nitrogens with one attached hydrogen (secondary N) is 1. The molecule has 0 aliphatic carbocycles. The lowest BCUT2D eigenvalue weighted by Gasteiger charge is -2.06. The van der Waals surface area contributed by atoms with Gasteiger partial charge in [0.25, 0.3) is 0 Å². The summed E-state index contributed by atoms with van der Waals surface area (Å²) in [5, 5.41) is 2.83. The van der Waals surface area contributed by atoms with E-state index in [0.717, 1.165) is 24.1 Å². The number of hydrogen-bond acceptors (Lipinski definition) is 3. The molecular weight excluding hydrogens is 240 g/mol. The van der Waals surface area contributed by atoms with Crippen molar-refractivity contribution in [3.8, 4) is 0 Å². The second kappa shape index (κ2) is 9.16. The molecule has 0 atom stereocenters. The molecule has 0 saturated carbocycles. The van der Waals surface area contributed by atoms with E-state index in [1.807, 2.05) is 30.3 Å². The van der Waals surface area contributed by atoms with Gasteiger partial charge in [0, 0.05) is 18.7 Å². The smallest absolute Gasteiger partial charge is 0.220 e. The molecule has 0 bridgehead atoms. The fourth-order valence-electron chi connectivity index (χ4n) is 1.56. The summed E-state index contributed by atoms with van der Waals surface area (Å²) in [6.07, 6.45) is 3.86. The summed E-state index contributed by atoms with van der Waals surface area (Å²) in [6, 6.07) is 7.59. The van der Waals surface area contributed by atoms with Crippen LogP contribution in [-0.2, 0) is 16.0 Å². The normalized spacial score (nSPS) is 10.1. The Kier molecular flexibility index (Phi) is 7.35. The summed E-state index contributed by atoms with van der Waals surface area (Å²) >= 11 is 0. The number of rotatable bonds is 9. The number of carbonyl (C=O) groups is 1. The molecular formula is C15H22N2O2. The third-order valence-electron chi connectivity index (χ3n) is 2.66. The molecule has 0 aliphatic rings. The van der Waals surface area contributed by atoms with Crippen LogP contribution in [0.15, 0.2) is 36.9 Å². The highest BCUT2D eigenvalue weighted by Crippen LogP contribution is 2.07. The van der Waals surface area contributed by atoms with Crippen molar-refractivity contribution in [1.29, 1.82) is 0 Å². The minimum atomic E-state index is 0.0455. The Morgan fingerprint density at radius 1 is 1.32 bits per heavy atom. The average molecular weight is 262 g/mol. The van der Waals surface area contributed by atoms with E-state index in [2.05, 4.69) is 11.9 Å². The zero-order valence-corrected chi connectivity index (χ0v) is 11.2. The molecule has 4 nitrogen and oxygen atoms in total. The SMILES string of the molecule is C=CCCOCCNC(=O)CCc1ccc(N)cc1. The van der Waals surface area contributed by atoms with Crippen LogP contribution >= 0.6 is 0 Å². The van der Waals surface area contributed by atoms with Gasteiger partial charge in [-0.05, 0) is 30.5 Å². The van der Waals surface area contributed by atoms with Gasteiger partial charge in [0.05, 0.1) is 13.2 Å². The van der Waals surface area contributed by atoms with E-state index < -0.39 is 0 Å². The number of benzene rings is 1. The topological polar surface area (TPSA) is 64.3 Å². The molecule has 1 rings (SSSR count). The lowest BCUT2D eigenvalue weighted by molar-refractivity contribution is -0.121. The van der Waals surface area contributed by atoms with Gasteiger partial charge in [0.15, 0.2) is 0 Å². The molecule has 1 aromatic rings. The maximum absolute atomic E-state index is 11.6. The molecule has 0 unspecified atom stereocenters. The zero-order chi connectivity index (χ0) is 13.9. The van der Waals surface area contributed by atoms with Crippen LogP contribution in [0.4, 0.5) is 5.69 Å². The number of ether oxygens (including phenoxy) is 1. The van der Waals surface area contributed by atoms with Gasteiger partial charge in [-0.15, -0.1) is 6.58 Å². The number of nitrogen functional groups attached to an aromatic ring is 1. The third kappa shape index (κ3) is 7.26. The van der Waals surface area contributed by atoms with E-state index in [9.17, 15) is 4.79 Å². The van der Waals surface area contributed by atoms with Gasteiger partial charge >= 0.3 is 0 Å². The molecule has 0 saturated heterocycles. The number of amides is 1. The molecule has 0 aliphatic heterocycles. The second-order valence-electron chi connectivity index (χ2n) is 4.28. The van der Waals surface area contributed by atoms with Crippen molar-refractivity contribution in [2.24, 2.45) is 0 Å². The first-order chi connectivity index (χ1) is 9.22. The van der Waals surface area contributed by atoms with E-state index in [1.54, 1.807) is 0 Å². The molecule has 0 heterocycles. The molecule has 4 heteroatoms. The molecule has 0 fully saturated rings. The quantitative estimate of drug-likeness (QED) is 0.406. The van der Waals surface area contributed by atoms with Crippen molar-refractivity contribution in [1.82, 2.24) is 5.32 Å². The molecule has 0 spiro atoms. The number of aryl methyl sites for hydroxylation is 1. The fraction of sp³-hybridized carbons (Fsp3) is 0.400. The zero-order valence-electron chi connectivity index (χ0n) is 11.2. The summed E-state index contributed by atoms with van der Waals surface area (Å²) in [4.78, 5) is 11.6. The minimum absolute atomic E-state index is 0.0455. The molecule has 3 N–H and O–H groups in total. The van der Waals surface area contributed by atoms with Gasteiger partial charge in [-0.3, -0.25) is 4.79 Å². The van der Waals surface area contributed by atoms with Crippen molar-refractivity contribution in [3.05, 3.63) is 42.5 Å². The Balaban J connectivity index is 2.07. The third-order valence-corrected chi connectivity index (χ3v) is 2.66. The molecule has 1 amide bonds. The van der Waals surface area contributed by atoms with E-state index in [4.69, 9.17) is 10.5 Å². The van der Waals surface area contributed by atoms with Gasteiger partial charge in [-0.2, -0.15) is 0 Å². The lowest BCUT2D eigenvalue weighted by atomic mass is 10.1. The van der Waals surface area contributed by atoms with Crippen molar-refractivity contribution in [2.45, 2.75) is 19.3 Å². The summed E-state index contributed by atoms with van der Waals surface area (Å²) in [5.41, 5.74) is 7.46. The van der Waals surface area contributed by atoms with Crippen LogP contribution in [0.3, 0.4) is 0 Å². The van der Waals surface area contributed by atoms with Crippen LogP contribution < -0.4 is 11.1 Å². The fourth-order valence-corrected chi connectivity index (χ4v) is 1.56. The maximum Gasteiger partial charge on any atom is 0.220 e. The first-order valence-corrected chi connectivity index (χ1v) is 6.52. The summed E-state index contributed by atoms with van der Waals surface area (Å²) < 4.78 is 5.30. The van der Waals surface area contributed by atoms with Crippen molar-refractivity contribution in [3.63, 3.8) is 0 Å². The van der Waals surface area contributed by atoms with Crippen molar-refractivity contribution in [2.75, 3.05) is 25.5 Å². The Bertz CT molecular complexity index is 388. The number of nitrogens with two attached hydrogens (primary N) is 1. The highest BCUT2D eigenvalue weighted by atomic mass is 16.5. The predicted molar refractivity (Wildman–Crippen MR) is 77.8 cm³/mol. The average Bonchev–Trinajstić information content (AvgIpc) is 2.42. The predicted octanol–water partition coefficient (Wildman–Crippen LogP) is 1.91. The van der Waals surface area contributed by atoms with Crippen LogP contribution in [0.1, 0.15) is 18.4 Å². The van der Waals surface area contributed by atoms with Crippen LogP contribution in [0, 0.1) is 0 Å². The van der Waals surface area contributed by atoms with Gasteiger partial charge in [-0.25, -0.2) is 0 Å². The van der Waals surface area contributed by atoms with Crippen LogP contribution in [-0.4, -0.2) is 25.7 Å². The summed E-state index contributed by atoms with van der Waals surface area (Å²) in [7, 11) is 0. The van der Waals surface area contributed by atoms with E-state index >= 15 is 0 Å². The monoisotopic (exact) mass is 262 g/mol. The van der Waals surface area contributed by atoms with Gasteiger partial charge in [0.2, 0.25) is 5.91 Å². The van der Waals surface area contributed by atoms with Crippen LogP contribution in [0.5, 0.6) is 0 Å². The minimum Gasteiger partial charge on any atom is -0.399 e. The molecule has 19 heavy (non-hydrogen) atoms. The van der Waals surface area contributed by atoms with Gasteiger partial charge < -0.3 is 15.8 Å². The highest BCUT2D eigenvalue weighted by molar-refractivity contribution is 5.76. The molecule has 0 radical (unpaired) electrons. The maximum atomic E-state index is 11.6. The Hall–Kier alpha value is -1.81. The van der Waals surface area contributed by atoms with Crippen molar-refractivity contribution < 1.29 is 9.53 Å². The van der Waals surface area contributed by atoms with Gasteiger partial charge in [0.1, 0.15) is 0 Å². The second-order valence-corrected chi connectivity index (χ2v) is 4.28. The van der Waals surface area contributed by atoms with E-state index in [-0.39, 0.29) is 5.91 Å². The standard InChI is InChI=1S/C15H22N2O2/c1-2-3-11-19-12-10-17-15(18)9-6-13-4-7-14(16)8-5-13/h2,4-5,7-8H,1,3,6,9-12,16H2,(H,17,18). The van der Waals surface area contributed by atoms with Crippen molar-refractivity contribution >= 4 is 11.6 Å². The van der Waals surface area contributed by atoms with E-state index in [0.29, 0.717) is 26.2 Å². The first-order valence-electron chi connectivity index (χ1n) is 6.52. The van der Waals surface area contributed by atoms with E-state index in [1.165, 1.54) is 0 Å². The molecule has 0 aromatic heterocycles. The number of carbonyl (C=O) groups excluding carboxylic acids is 1. The Morgan fingerprint density at radius 2 is 2.05 bits per heavy atom. The van der Waals surface area contributed by atoms with Crippen LogP contribution in [0.2, 0.25) is 0 Å². The molecule has 1 aromatic carbocycles. The highest BCUT2D eigenvalue weighted by Gasteiger charge is 2.01.